The van der Waals surface area contributed by atoms with Crippen molar-refractivity contribution in [1.29, 1.82) is 0 Å². The second kappa shape index (κ2) is 7.98. The van der Waals surface area contributed by atoms with Gasteiger partial charge in [-0.3, -0.25) is 0 Å². The lowest BCUT2D eigenvalue weighted by atomic mass is 9.93. The van der Waals surface area contributed by atoms with Crippen LogP contribution in [0.4, 0.5) is 0 Å². The van der Waals surface area contributed by atoms with Crippen molar-refractivity contribution in [3.05, 3.63) is 34.3 Å². The van der Waals surface area contributed by atoms with Crippen molar-refractivity contribution < 1.29 is 38.4 Å². The standard InChI is InChI=1S/C21H23ClO8/c22-13(11-14-16(23)27-20(28-17(14)24)7-3-1-4-8-20)12-15-18(25)29-21(30-19(15)26)9-5-2-6-10-21/h11-12,23H,1-10H2/p-1. The summed E-state index contributed by atoms with van der Waals surface area (Å²) in [6, 6.07) is 0. The highest BCUT2D eigenvalue weighted by Gasteiger charge is 2.46. The van der Waals surface area contributed by atoms with E-state index in [0.717, 1.165) is 50.7 Å². The fourth-order valence-corrected chi connectivity index (χ4v) is 4.46. The molecule has 0 aromatic carbocycles. The van der Waals surface area contributed by atoms with Crippen LogP contribution in [0.1, 0.15) is 64.2 Å². The zero-order valence-corrected chi connectivity index (χ0v) is 17.1. The van der Waals surface area contributed by atoms with Crippen LogP contribution in [0.25, 0.3) is 0 Å². The van der Waals surface area contributed by atoms with Crippen LogP contribution in [0.5, 0.6) is 0 Å². The molecule has 0 aromatic rings. The van der Waals surface area contributed by atoms with E-state index >= 15 is 0 Å². The first-order valence-electron chi connectivity index (χ1n) is 10.2. The fraction of sp³-hybridized carbons (Fsp3) is 0.571. The molecule has 0 amide bonds. The Morgan fingerprint density at radius 1 is 0.767 bits per heavy atom. The van der Waals surface area contributed by atoms with E-state index in [1.807, 2.05) is 0 Å². The van der Waals surface area contributed by atoms with Crippen molar-refractivity contribution in [3.8, 4) is 0 Å². The lowest BCUT2D eigenvalue weighted by molar-refractivity contribution is -0.401. The van der Waals surface area contributed by atoms with Gasteiger partial charge in [0.2, 0.25) is 0 Å². The summed E-state index contributed by atoms with van der Waals surface area (Å²) in [6.07, 6.45) is 9.01. The van der Waals surface area contributed by atoms with Gasteiger partial charge < -0.3 is 24.1 Å². The van der Waals surface area contributed by atoms with Crippen LogP contribution in [0.15, 0.2) is 34.3 Å². The van der Waals surface area contributed by atoms with Crippen LogP contribution in [-0.4, -0.2) is 29.5 Å². The molecular formula is C21H22ClO8-. The number of hydrogen-bond donors (Lipinski definition) is 0. The maximum atomic E-state index is 12.4. The largest absolute Gasteiger partial charge is 0.574 e. The first-order chi connectivity index (χ1) is 14.3. The van der Waals surface area contributed by atoms with Gasteiger partial charge in [0.25, 0.3) is 5.79 Å². The molecule has 0 N–H and O–H groups in total. The van der Waals surface area contributed by atoms with E-state index in [1.165, 1.54) is 0 Å². The van der Waals surface area contributed by atoms with Crippen LogP contribution in [0.2, 0.25) is 0 Å². The molecule has 4 rings (SSSR count). The number of allylic oxidation sites excluding steroid dienone is 2. The summed E-state index contributed by atoms with van der Waals surface area (Å²) in [5, 5.41) is 12.2. The average Bonchev–Trinajstić information content (AvgIpc) is 2.69. The van der Waals surface area contributed by atoms with Crippen LogP contribution < -0.4 is 5.11 Å². The number of rotatable bonds is 2. The summed E-state index contributed by atoms with van der Waals surface area (Å²) >= 11 is 6.10. The van der Waals surface area contributed by atoms with Crippen molar-refractivity contribution in [1.82, 2.24) is 0 Å². The fourth-order valence-electron chi connectivity index (χ4n) is 4.25. The minimum absolute atomic E-state index is 0.206. The Bertz CT molecular complexity index is 834. The average molecular weight is 438 g/mol. The number of carbonyl (C=O) groups excluding carboxylic acids is 3. The predicted octanol–water partition coefficient (Wildman–Crippen LogP) is 2.60. The molecule has 162 valence electrons. The molecule has 0 bridgehead atoms. The molecule has 2 heterocycles. The number of halogens is 1. The van der Waals surface area contributed by atoms with Gasteiger partial charge >= 0.3 is 17.9 Å². The van der Waals surface area contributed by atoms with Gasteiger partial charge in [0, 0.05) is 17.9 Å². The highest BCUT2D eigenvalue weighted by molar-refractivity contribution is 6.33. The van der Waals surface area contributed by atoms with E-state index in [1.54, 1.807) is 0 Å². The van der Waals surface area contributed by atoms with Crippen LogP contribution in [0.3, 0.4) is 0 Å². The first kappa shape index (κ1) is 20.8. The van der Waals surface area contributed by atoms with E-state index in [2.05, 4.69) is 0 Å². The number of hydrogen-bond acceptors (Lipinski definition) is 8. The van der Waals surface area contributed by atoms with Gasteiger partial charge in [-0.15, -0.1) is 0 Å². The number of esters is 3. The molecule has 0 atom stereocenters. The predicted molar refractivity (Wildman–Crippen MR) is 100 cm³/mol. The summed E-state index contributed by atoms with van der Waals surface area (Å²) < 4.78 is 21.5. The van der Waals surface area contributed by atoms with E-state index < -0.39 is 46.6 Å². The molecule has 0 unspecified atom stereocenters. The second-order valence-electron chi connectivity index (χ2n) is 8.00. The van der Waals surface area contributed by atoms with Gasteiger partial charge in [0.05, 0.1) is 11.5 Å². The van der Waals surface area contributed by atoms with Gasteiger partial charge in [-0.25, -0.2) is 14.4 Å². The van der Waals surface area contributed by atoms with Crippen LogP contribution in [0, 0.1) is 0 Å². The maximum absolute atomic E-state index is 12.4. The molecule has 1 saturated heterocycles. The van der Waals surface area contributed by atoms with Crippen molar-refractivity contribution in [2.75, 3.05) is 0 Å². The van der Waals surface area contributed by atoms with Crippen molar-refractivity contribution >= 4 is 29.5 Å². The molecule has 2 spiro atoms. The third-order valence-electron chi connectivity index (χ3n) is 5.79. The molecule has 0 radical (unpaired) electrons. The highest BCUT2D eigenvalue weighted by atomic mass is 35.5. The van der Waals surface area contributed by atoms with Crippen LogP contribution >= 0.6 is 11.6 Å². The molecule has 4 aliphatic rings. The Labute approximate surface area is 178 Å². The first-order valence-corrected chi connectivity index (χ1v) is 10.6. The minimum Gasteiger partial charge on any atom is -0.574 e. The minimum atomic E-state index is -1.21. The summed E-state index contributed by atoms with van der Waals surface area (Å²) in [4.78, 5) is 37.1. The summed E-state index contributed by atoms with van der Waals surface area (Å²) in [5.41, 5.74) is -0.816. The third-order valence-corrected chi connectivity index (χ3v) is 6.01. The summed E-state index contributed by atoms with van der Waals surface area (Å²) in [6.45, 7) is 0. The zero-order valence-electron chi connectivity index (χ0n) is 16.4. The third kappa shape index (κ3) is 4.05. The Kier molecular flexibility index (Phi) is 5.53. The molecule has 8 nitrogen and oxygen atoms in total. The normalized spacial score (nSPS) is 26.1. The van der Waals surface area contributed by atoms with Gasteiger partial charge in [0.1, 0.15) is 5.57 Å². The SMILES string of the molecule is O=C1OC2(CCCCC2)OC(=O)C1=CC(Cl)=CC1=C([O-])OC2(CCCCC2)OC1=O. The Balaban J connectivity index is 1.52. The molecule has 9 heteroatoms. The molecule has 2 saturated carbocycles. The van der Waals surface area contributed by atoms with E-state index in [4.69, 9.17) is 30.5 Å². The monoisotopic (exact) mass is 437 g/mol. The Morgan fingerprint density at radius 2 is 1.23 bits per heavy atom. The summed E-state index contributed by atoms with van der Waals surface area (Å²) in [5.74, 6) is -5.81. The van der Waals surface area contributed by atoms with E-state index in [-0.39, 0.29) is 5.03 Å². The number of ether oxygens (including phenoxy) is 4. The lowest BCUT2D eigenvalue weighted by Gasteiger charge is -2.46. The van der Waals surface area contributed by atoms with Crippen molar-refractivity contribution in [3.63, 3.8) is 0 Å². The molecule has 0 aromatic heterocycles. The maximum Gasteiger partial charge on any atom is 0.348 e. The highest BCUT2D eigenvalue weighted by Crippen LogP contribution is 2.39. The quantitative estimate of drug-likeness (QED) is 0.368. The molecule has 30 heavy (non-hydrogen) atoms. The molecule has 2 aliphatic heterocycles. The molecule has 3 fully saturated rings. The van der Waals surface area contributed by atoms with E-state index in [9.17, 15) is 19.5 Å². The Hall–Kier alpha value is -2.48. The van der Waals surface area contributed by atoms with Crippen molar-refractivity contribution in [2.45, 2.75) is 75.8 Å². The molecule has 2 aliphatic carbocycles. The zero-order chi connectivity index (χ0) is 21.4. The van der Waals surface area contributed by atoms with Gasteiger partial charge in [0.15, 0.2) is 5.79 Å². The van der Waals surface area contributed by atoms with Crippen molar-refractivity contribution in [2.24, 2.45) is 0 Å². The van der Waals surface area contributed by atoms with Gasteiger partial charge in [-0.1, -0.05) is 24.4 Å². The summed E-state index contributed by atoms with van der Waals surface area (Å²) in [7, 11) is 0. The topological polar surface area (TPSA) is 111 Å². The van der Waals surface area contributed by atoms with Gasteiger partial charge in [-0.2, -0.15) is 0 Å². The molecular weight excluding hydrogens is 416 g/mol. The second-order valence-corrected chi connectivity index (χ2v) is 8.44. The smallest absolute Gasteiger partial charge is 0.348 e. The number of carbonyl (C=O) groups is 3. The van der Waals surface area contributed by atoms with Gasteiger partial charge in [-0.05, 0) is 50.7 Å². The van der Waals surface area contributed by atoms with Crippen LogP contribution in [-0.2, 0) is 33.3 Å². The van der Waals surface area contributed by atoms with E-state index in [0.29, 0.717) is 25.7 Å². The Morgan fingerprint density at radius 3 is 1.73 bits per heavy atom. The lowest BCUT2D eigenvalue weighted by Crippen LogP contribution is -2.47.